The lowest BCUT2D eigenvalue weighted by atomic mass is 9.93. The zero-order valence-electron chi connectivity index (χ0n) is 13.8. The molecule has 4 rings (SSSR count). The minimum Gasteiger partial charge on any atom is -0.496 e. The molecule has 0 unspecified atom stereocenters. The van der Waals surface area contributed by atoms with Gasteiger partial charge < -0.3 is 15.0 Å². The van der Waals surface area contributed by atoms with Crippen LogP contribution in [0.25, 0.3) is 10.9 Å². The summed E-state index contributed by atoms with van der Waals surface area (Å²) in [6, 6.07) is 14.0. The lowest BCUT2D eigenvalue weighted by Crippen LogP contribution is -2.27. The second-order valence-electron chi connectivity index (χ2n) is 6.50. The Morgan fingerprint density at radius 1 is 1.17 bits per heavy atom. The number of anilines is 1. The molecule has 24 heavy (non-hydrogen) atoms. The number of aromatic nitrogens is 1. The van der Waals surface area contributed by atoms with Crippen LogP contribution in [0.1, 0.15) is 24.0 Å². The van der Waals surface area contributed by atoms with Gasteiger partial charge in [-0.2, -0.15) is 0 Å². The van der Waals surface area contributed by atoms with E-state index in [1.807, 2.05) is 55.6 Å². The molecule has 0 saturated heterocycles. The first-order valence-electron chi connectivity index (χ1n) is 8.16. The van der Waals surface area contributed by atoms with E-state index in [1.54, 1.807) is 7.11 Å². The molecular formula is C20H20N2O2. The fourth-order valence-electron chi connectivity index (χ4n) is 3.27. The summed E-state index contributed by atoms with van der Waals surface area (Å²) in [6.45, 7) is 2.01. The van der Waals surface area contributed by atoms with Gasteiger partial charge in [-0.05, 0) is 61.2 Å². The summed E-state index contributed by atoms with van der Waals surface area (Å²) >= 11 is 0. The number of benzene rings is 2. The van der Waals surface area contributed by atoms with E-state index in [0.717, 1.165) is 46.3 Å². The molecule has 4 nitrogen and oxygen atoms in total. The number of rotatable bonds is 4. The van der Waals surface area contributed by atoms with Crippen molar-refractivity contribution in [3.63, 3.8) is 0 Å². The molecule has 1 saturated carbocycles. The number of aryl methyl sites for hydroxylation is 1. The second kappa shape index (κ2) is 5.41. The van der Waals surface area contributed by atoms with Crippen LogP contribution in [-0.4, -0.2) is 18.0 Å². The number of aromatic amines is 1. The van der Waals surface area contributed by atoms with E-state index in [9.17, 15) is 4.79 Å². The molecule has 122 valence electrons. The number of nitrogens with one attached hydrogen (secondary N) is 2. The van der Waals surface area contributed by atoms with E-state index in [0.29, 0.717) is 0 Å². The normalized spacial score (nSPS) is 15.2. The smallest absolute Gasteiger partial charge is 0.235 e. The lowest BCUT2D eigenvalue weighted by molar-refractivity contribution is -0.118. The average Bonchev–Trinajstić information content (AvgIpc) is 3.27. The van der Waals surface area contributed by atoms with Gasteiger partial charge in [-0.3, -0.25) is 4.79 Å². The monoisotopic (exact) mass is 320 g/mol. The standard InChI is InChI=1S/C20H20N2O2/c1-13-3-4-15(12-18(13)24-2)20(8-9-20)19(23)22-16-5-6-17-14(11-16)7-10-21-17/h3-7,10-12,21H,8-9H2,1-2H3,(H,22,23). The first-order valence-corrected chi connectivity index (χ1v) is 8.16. The first-order chi connectivity index (χ1) is 11.6. The molecule has 0 aliphatic heterocycles. The van der Waals surface area contributed by atoms with Gasteiger partial charge in [-0.15, -0.1) is 0 Å². The Labute approximate surface area is 140 Å². The Morgan fingerprint density at radius 3 is 2.75 bits per heavy atom. The lowest BCUT2D eigenvalue weighted by Gasteiger charge is -2.17. The third kappa shape index (κ3) is 2.35. The highest BCUT2D eigenvalue weighted by Gasteiger charge is 2.51. The van der Waals surface area contributed by atoms with E-state index in [2.05, 4.69) is 10.3 Å². The van der Waals surface area contributed by atoms with Gasteiger partial charge in [0.25, 0.3) is 0 Å². The van der Waals surface area contributed by atoms with Crippen molar-refractivity contribution >= 4 is 22.5 Å². The van der Waals surface area contributed by atoms with E-state index in [-0.39, 0.29) is 5.91 Å². The van der Waals surface area contributed by atoms with Crippen LogP contribution >= 0.6 is 0 Å². The van der Waals surface area contributed by atoms with Crippen molar-refractivity contribution in [2.75, 3.05) is 12.4 Å². The quantitative estimate of drug-likeness (QED) is 0.758. The summed E-state index contributed by atoms with van der Waals surface area (Å²) in [5, 5.41) is 4.18. The Kier molecular flexibility index (Phi) is 3.34. The number of ether oxygens (including phenoxy) is 1. The van der Waals surface area contributed by atoms with Gasteiger partial charge in [0.15, 0.2) is 0 Å². The summed E-state index contributed by atoms with van der Waals surface area (Å²) in [5.41, 5.74) is 3.59. The molecule has 1 aliphatic rings. The van der Waals surface area contributed by atoms with E-state index in [4.69, 9.17) is 4.74 Å². The van der Waals surface area contributed by atoms with E-state index in [1.165, 1.54) is 0 Å². The van der Waals surface area contributed by atoms with Gasteiger partial charge in [0.1, 0.15) is 5.75 Å². The topological polar surface area (TPSA) is 54.1 Å². The highest BCUT2D eigenvalue weighted by molar-refractivity contribution is 6.02. The summed E-state index contributed by atoms with van der Waals surface area (Å²) in [6.07, 6.45) is 3.64. The maximum absolute atomic E-state index is 12.9. The first kappa shape index (κ1) is 14.8. The molecule has 3 aromatic rings. The molecule has 0 spiro atoms. The second-order valence-corrected chi connectivity index (χ2v) is 6.50. The molecule has 2 N–H and O–H groups in total. The molecule has 1 aromatic heterocycles. The van der Waals surface area contributed by atoms with Gasteiger partial charge in [-0.25, -0.2) is 0 Å². The van der Waals surface area contributed by atoms with Crippen molar-refractivity contribution in [2.24, 2.45) is 0 Å². The van der Waals surface area contributed by atoms with E-state index >= 15 is 0 Å². The number of H-pyrrole nitrogens is 1. The summed E-state index contributed by atoms with van der Waals surface area (Å²) < 4.78 is 5.41. The van der Waals surface area contributed by atoms with E-state index < -0.39 is 5.41 Å². The SMILES string of the molecule is COc1cc(C2(C(=O)Nc3ccc4[nH]ccc4c3)CC2)ccc1C. The third-order valence-electron chi connectivity index (χ3n) is 4.96. The fourth-order valence-corrected chi connectivity index (χ4v) is 3.27. The van der Waals surface area contributed by atoms with Crippen molar-refractivity contribution in [2.45, 2.75) is 25.2 Å². The molecular weight excluding hydrogens is 300 g/mol. The van der Waals surface area contributed by atoms with Gasteiger partial charge >= 0.3 is 0 Å². The van der Waals surface area contributed by atoms with Crippen molar-refractivity contribution in [1.82, 2.24) is 4.98 Å². The maximum atomic E-state index is 12.9. The molecule has 0 atom stereocenters. The van der Waals surface area contributed by atoms with Crippen molar-refractivity contribution in [3.8, 4) is 5.75 Å². The Balaban J connectivity index is 1.61. The van der Waals surface area contributed by atoms with Crippen molar-refractivity contribution in [3.05, 3.63) is 59.8 Å². The summed E-state index contributed by atoms with van der Waals surface area (Å²) in [4.78, 5) is 16.1. The highest BCUT2D eigenvalue weighted by atomic mass is 16.5. The van der Waals surface area contributed by atoms with Crippen LogP contribution in [-0.2, 0) is 10.2 Å². The predicted octanol–water partition coefficient (Wildman–Crippen LogP) is 4.16. The Bertz CT molecular complexity index is 922. The molecule has 1 heterocycles. The van der Waals surface area contributed by atoms with Gasteiger partial charge in [0.2, 0.25) is 5.91 Å². The minimum absolute atomic E-state index is 0.0586. The zero-order chi connectivity index (χ0) is 16.7. The van der Waals surface area contributed by atoms with Crippen molar-refractivity contribution in [1.29, 1.82) is 0 Å². The number of methoxy groups -OCH3 is 1. The number of hydrogen-bond donors (Lipinski definition) is 2. The number of fused-ring (bicyclic) bond motifs is 1. The highest BCUT2D eigenvalue weighted by Crippen LogP contribution is 2.50. The van der Waals surface area contributed by atoms with Crippen LogP contribution in [0.3, 0.4) is 0 Å². The van der Waals surface area contributed by atoms with Gasteiger partial charge in [0.05, 0.1) is 12.5 Å². The van der Waals surface area contributed by atoms with Crippen molar-refractivity contribution < 1.29 is 9.53 Å². The molecule has 1 aliphatic carbocycles. The summed E-state index contributed by atoms with van der Waals surface area (Å²) in [5.74, 6) is 0.892. The largest absolute Gasteiger partial charge is 0.496 e. The maximum Gasteiger partial charge on any atom is 0.235 e. The van der Waals surface area contributed by atoms with Crippen LogP contribution in [0.4, 0.5) is 5.69 Å². The third-order valence-corrected chi connectivity index (χ3v) is 4.96. The fraction of sp³-hybridized carbons (Fsp3) is 0.250. The van der Waals surface area contributed by atoms with Crippen LogP contribution in [0, 0.1) is 6.92 Å². The molecule has 2 aromatic carbocycles. The molecule has 0 bridgehead atoms. The van der Waals surface area contributed by atoms with Gasteiger partial charge in [-0.1, -0.05) is 12.1 Å². The molecule has 0 radical (unpaired) electrons. The predicted molar refractivity (Wildman–Crippen MR) is 95.6 cm³/mol. The number of amides is 1. The summed E-state index contributed by atoms with van der Waals surface area (Å²) in [7, 11) is 1.66. The Morgan fingerprint density at radius 2 is 2.00 bits per heavy atom. The molecule has 4 heteroatoms. The van der Waals surface area contributed by atoms with Gasteiger partial charge in [0, 0.05) is 22.8 Å². The molecule has 1 fully saturated rings. The van der Waals surface area contributed by atoms with Crippen LogP contribution in [0.2, 0.25) is 0 Å². The average molecular weight is 320 g/mol. The van der Waals surface area contributed by atoms with Crippen LogP contribution in [0.5, 0.6) is 5.75 Å². The number of carbonyl (C=O) groups excluding carboxylic acids is 1. The van der Waals surface area contributed by atoms with Crippen LogP contribution in [0.15, 0.2) is 48.7 Å². The molecule has 1 amide bonds. The zero-order valence-corrected chi connectivity index (χ0v) is 13.8. The minimum atomic E-state index is -0.423. The Hall–Kier alpha value is -2.75. The number of hydrogen-bond acceptors (Lipinski definition) is 2. The number of carbonyl (C=O) groups is 1. The van der Waals surface area contributed by atoms with Crippen LogP contribution < -0.4 is 10.1 Å².